The van der Waals surface area contributed by atoms with Crippen LogP contribution in [0.3, 0.4) is 0 Å². The van der Waals surface area contributed by atoms with Crippen LogP contribution in [0.5, 0.6) is 5.75 Å². The van der Waals surface area contributed by atoms with Gasteiger partial charge in [0.1, 0.15) is 30.5 Å². The maximum Gasteiger partial charge on any atom is 0.261 e. The quantitative estimate of drug-likeness (QED) is 0.0665. The number of unbranched alkanes of at least 4 members (excludes halogenated alkanes) is 2. The Morgan fingerprint density at radius 2 is 1.39 bits per heavy atom. The number of hydrogen-bond donors (Lipinski definition) is 7. The van der Waals surface area contributed by atoms with Gasteiger partial charge in [0.25, 0.3) is 5.91 Å². The molecule has 0 radical (unpaired) electrons. The number of amides is 5. The number of carbonyl (C=O) groups is 5. The minimum atomic E-state index is -2.12. The summed E-state index contributed by atoms with van der Waals surface area (Å²) in [5.74, 6) is -2.39. The summed E-state index contributed by atoms with van der Waals surface area (Å²) >= 11 is 0. The molecular formula is C43H50N6O7. The second kappa shape index (κ2) is 20.0. The van der Waals surface area contributed by atoms with E-state index in [9.17, 15) is 29.1 Å². The molecule has 4 aromatic carbocycles. The molecule has 4 atom stereocenters. The maximum atomic E-state index is 13.8. The van der Waals surface area contributed by atoms with Gasteiger partial charge in [-0.25, -0.2) is 0 Å². The Balaban J connectivity index is 1.27. The van der Waals surface area contributed by atoms with Crippen molar-refractivity contribution in [2.24, 2.45) is 5.73 Å². The van der Waals surface area contributed by atoms with E-state index >= 15 is 0 Å². The minimum absolute atomic E-state index is 0.125. The first-order valence-corrected chi connectivity index (χ1v) is 18.9. The van der Waals surface area contributed by atoms with Gasteiger partial charge < -0.3 is 42.2 Å². The number of rotatable bonds is 20. The van der Waals surface area contributed by atoms with Gasteiger partial charge in [0, 0.05) is 37.1 Å². The van der Waals surface area contributed by atoms with E-state index in [1.807, 2.05) is 72.8 Å². The van der Waals surface area contributed by atoms with Crippen LogP contribution in [0.2, 0.25) is 0 Å². The van der Waals surface area contributed by atoms with E-state index < -0.39 is 53.8 Å². The summed E-state index contributed by atoms with van der Waals surface area (Å²) in [5, 5.41) is 25.2. The number of benzene rings is 4. The summed E-state index contributed by atoms with van der Waals surface area (Å²) in [6.45, 7) is 2.49. The summed E-state index contributed by atoms with van der Waals surface area (Å²) < 4.78 is 5.90. The lowest BCUT2D eigenvalue weighted by Crippen LogP contribution is -2.57. The topological polar surface area (TPSA) is 201 Å². The Hall–Kier alpha value is -6.05. The standard InChI is InChI=1S/C43H50N6O7/c1-29(39(51)48-37(40(52)45-27-31-13-5-2-6-14-31)26-43(55)34-17-10-11-18-35(34)49-42(43)54)46-41(53)36(47-38(50)19-9-4-12-24-44)25-30-20-22-33(23-21-30)56-28-32-15-7-3-8-16-32/h2-3,5-8,10-11,13-18,20-23,29,36-37,55H,4,9,12,19,24-28,44H2,1H3,(H,45,52)(H,46,53)(H,47,50)(H,48,51)(H,49,54)/t29-,36-,37-,43+/m0/s1. The molecule has 13 nitrogen and oxygen atoms in total. The Labute approximate surface area is 326 Å². The van der Waals surface area contributed by atoms with Gasteiger partial charge in [0.05, 0.1) is 0 Å². The molecular weight excluding hydrogens is 713 g/mol. The average molecular weight is 763 g/mol. The minimum Gasteiger partial charge on any atom is -0.489 e. The van der Waals surface area contributed by atoms with Crippen molar-refractivity contribution < 1.29 is 33.8 Å². The molecule has 8 N–H and O–H groups in total. The van der Waals surface area contributed by atoms with Gasteiger partial charge in [-0.15, -0.1) is 0 Å². The summed E-state index contributed by atoms with van der Waals surface area (Å²) in [6, 6.07) is 29.1. The first-order chi connectivity index (χ1) is 27.0. The summed E-state index contributed by atoms with van der Waals surface area (Å²) in [4.78, 5) is 67.1. The molecule has 0 spiro atoms. The van der Waals surface area contributed by atoms with E-state index in [2.05, 4.69) is 26.6 Å². The smallest absolute Gasteiger partial charge is 0.261 e. The summed E-state index contributed by atoms with van der Waals surface area (Å²) in [7, 11) is 0. The highest BCUT2D eigenvalue weighted by molar-refractivity contribution is 6.05. The van der Waals surface area contributed by atoms with Crippen LogP contribution in [0.25, 0.3) is 0 Å². The molecule has 0 aliphatic carbocycles. The van der Waals surface area contributed by atoms with Gasteiger partial charge in [-0.05, 0) is 61.2 Å². The van der Waals surface area contributed by atoms with Crippen molar-refractivity contribution in [3.63, 3.8) is 0 Å². The largest absolute Gasteiger partial charge is 0.489 e. The van der Waals surface area contributed by atoms with Gasteiger partial charge in [-0.1, -0.05) is 97.4 Å². The SMILES string of the molecule is C[C@H](NC(=O)[C@H](Cc1ccc(OCc2ccccc2)cc1)NC(=O)CCCCCN)C(=O)N[C@@H](C[C@]1(O)C(=O)Nc2ccccc21)C(=O)NCc1ccccc1. The lowest BCUT2D eigenvalue weighted by Gasteiger charge is -2.28. The number of carbonyl (C=O) groups excluding carboxylic acids is 5. The number of para-hydroxylation sites is 1. The molecule has 0 bridgehead atoms. The molecule has 1 aliphatic heterocycles. The van der Waals surface area contributed by atoms with Gasteiger partial charge in [0.15, 0.2) is 5.60 Å². The fourth-order valence-corrected chi connectivity index (χ4v) is 6.37. The molecule has 13 heteroatoms. The van der Waals surface area contributed by atoms with E-state index in [-0.39, 0.29) is 30.9 Å². The first-order valence-electron chi connectivity index (χ1n) is 18.9. The number of anilines is 1. The lowest BCUT2D eigenvalue weighted by atomic mass is 9.88. The van der Waals surface area contributed by atoms with Crippen molar-refractivity contribution in [1.82, 2.24) is 21.3 Å². The van der Waals surface area contributed by atoms with Crippen molar-refractivity contribution in [3.05, 3.63) is 131 Å². The first kappa shape index (κ1) is 41.1. The van der Waals surface area contributed by atoms with Crippen molar-refractivity contribution in [2.45, 2.75) is 82.3 Å². The number of aliphatic hydroxyl groups is 1. The van der Waals surface area contributed by atoms with Crippen molar-refractivity contribution >= 4 is 35.2 Å². The molecule has 56 heavy (non-hydrogen) atoms. The van der Waals surface area contributed by atoms with E-state index in [1.54, 1.807) is 36.4 Å². The molecule has 294 valence electrons. The summed E-state index contributed by atoms with van der Waals surface area (Å²) in [5.41, 5.74) is 6.72. The highest BCUT2D eigenvalue weighted by Crippen LogP contribution is 2.39. The Morgan fingerprint density at radius 3 is 2.09 bits per heavy atom. The number of fused-ring (bicyclic) bond motifs is 1. The Bertz CT molecular complexity index is 1940. The van der Waals surface area contributed by atoms with Crippen LogP contribution in [-0.4, -0.2) is 59.3 Å². The molecule has 0 saturated carbocycles. The van der Waals surface area contributed by atoms with Crippen LogP contribution in [0, 0.1) is 0 Å². The van der Waals surface area contributed by atoms with Crippen LogP contribution in [0.4, 0.5) is 5.69 Å². The summed E-state index contributed by atoms with van der Waals surface area (Å²) in [6.07, 6.45) is 2.00. The van der Waals surface area contributed by atoms with Crippen LogP contribution in [-0.2, 0) is 49.1 Å². The molecule has 0 fully saturated rings. The lowest BCUT2D eigenvalue weighted by molar-refractivity contribution is -0.139. The maximum absolute atomic E-state index is 13.8. The zero-order valence-corrected chi connectivity index (χ0v) is 31.5. The van der Waals surface area contributed by atoms with Gasteiger partial charge >= 0.3 is 0 Å². The number of hydrogen-bond acceptors (Lipinski definition) is 8. The third-order valence-corrected chi connectivity index (χ3v) is 9.56. The third kappa shape index (κ3) is 11.5. The van der Waals surface area contributed by atoms with Crippen molar-refractivity contribution in [3.8, 4) is 5.75 Å². The normalized spacial score (nSPS) is 16.0. The van der Waals surface area contributed by atoms with Crippen molar-refractivity contribution in [2.75, 3.05) is 11.9 Å². The van der Waals surface area contributed by atoms with E-state index in [4.69, 9.17) is 10.5 Å². The molecule has 0 saturated heterocycles. The highest BCUT2D eigenvalue weighted by Gasteiger charge is 2.48. The van der Waals surface area contributed by atoms with E-state index in [1.165, 1.54) is 6.92 Å². The third-order valence-electron chi connectivity index (χ3n) is 9.56. The Kier molecular flexibility index (Phi) is 14.7. The zero-order valence-electron chi connectivity index (χ0n) is 31.5. The Morgan fingerprint density at radius 1 is 0.732 bits per heavy atom. The molecule has 1 heterocycles. The molecule has 5 rings (SSSR count). The number of ether oxygens (including phenoxy) is 1. The molecule has 0 aromatic heterocycles. The highest BCUT2D eigenvalue weighted by atomic mass is 16.5. The second-order valence-electron chi connectivity index (χ2n) is 13.9. The van der Waals surface area contributed by atoms with E-state index in [0.29, 0.717) is 31.0 Å². The molecule has 0 unspecified atom stereocenters. The van der Waals surface area contributed by atoms with Gasteiger partial charge in [-0.3, -0.25) is 24.0 Å². The number of nitrogens with two attached hydrogens (primary N) is 1. The zero-order chi connectivity index (χ0) is 39.9. The predicted molar refractivity (Wildman–Crippen MR) is 212 cm³/mol. The van der Waals surface area contributed by atoms with Gasteiger partial charge in [0.2, 0.25) is 23.6 Å². The van der Waals surface area contributed by atoms with Crippen molar-refractivity contribution in [1.29, 1.82) is 0 Å². The molecule has 5 amide bonds. The second-order valence-corrected chi connectivity index (χ2v) is 13.9. The van der Waals surface area contributed by atoms with Crippen LogP contribution < -0.4 is 37.1 Å². The monoisotopic (exact) mass is 762 g/mol. The van der Waals surface area contributed by atoms with Gasteiger partial charge in [-0.2, -0.15) is 0 Å². The average Bonchev–Trinajstić information content (AvgIpc) is 3.46. The molecule has 4 aromatic rings. The van der Waals surface area contributed by atoms with Crippen LogP contribution in [0.15, 0.2) is 109 Å². The molecule has 1 aliphatic rings. The van der Waals surface area contributed by atoms with E-state index in [0.717, 1.165) is 29.5 Å². The fourth-order valence-electron chi connectivity index (χ4n) is 6.37. The fraction of sp³-hybridized carbons (Fsp3) is 0.326. The number of nitrogens with one attached hydrogen (secondary N) is 5. The van der Waals surface area contributed by atoms with Crippen LogP contribution >= 0.6 is 0 Å². The van der Waals surface area contributed by atoms with Crippen LogP contribution in [0.1, 0.15) is 61.3 Å². The predicted octanol–water partition coefficient (Wildman–Crippen LogP) is 3.35.